The van der Waals surface area contributed by atoms with E-state index < -0.39 is 10.0 Å². The molecule has 47 heavy (non-hydrogen) atoms. The fourth-order valence-electron chi connectivity index (χ4n) is 6.50. The molecule has 0 aliphatic carbocycles. The number of rotatable bonds is 12. The fraction of sp³-hybridized carbons (Fsp3) is 0.500. The molecule has 0 saturated carbocycles. The van der Waals surface area contributed by atoms with Crippen LogP contribution in [0.2, 0.25) is 5.02 Å². The van der Waals surface area contributed by atoms with Crippen molar-refractivity contribution in [2.75, 3.05) is 69.8 Å². The number of nitrogens with one attached hydrogen (secondary N) is 2. The monoisotopic (exact) mass is 684 g/mol. The number of fused-ring (bicyclic) bond motifs is 1. The van der Waals surface area contributed by atoms with Gasteiger partial charge in [-0.05, 0) is 88.2 Å². The molecule has 2 amide bonds. The van der Waals surface area contributed by atoms with E-state index >= 15 is 0 Å². The third-order valence-electron chi connectivity index (χ3n) is 9.01. The highest BCUT2D eigenvalue weighted by Crippen LogP contribution is 2.29. The number of anilines is 2. The largest absolute Gasteiger partial charge is 0.495 e. The van der Waals surface area contributed by atoms with Gasteiger partial charge in [-0.2, -0.15) is 4.31 Å². The zero-order valence-electron chi connectivity index (χ0n) is 27.4. The smallest absolute Gasteiger partial charge is 0.253 e. The van der Waals surface area contributed by atoms with Crippen LogP contribution < -0.4 is 15.4 Å². The second-order valence-electron chi connectivity index (χ2n) is 12.4. The number of carbonyl (C=O) groups excluding carboxylic acids is 2. The maximum atomic E-state index is 13.3. The quantitative estimate of drug-likeness (QED) is 0.273. The number of hydrogen-bond donors (Lipinski definition) is 2. The number of ether oxygens (including phenoxy) is 1. The van der Waals surface area contributed by atoms with Gasteiger partial charge >= 0.3 is 0 Å². The molecule has 1 aromatic heterocycles. The maximum Gasteiger partial charge on any atom is 0.253 e. The second kappa shape index (κ2) is 15.6. The lowest BCUT2D eigenvalue weighted by atomic mass is 9.99. The second-order valence-corrected chi connectivity index (χ2v) is 14.8. The summed E-state index contributed by atoms with van der Waals surface area (Å²) >= 11 is 6.20. The van der Waals surface area contributed by atoms with E-state index in [2.05, 4.69) is 20.5 Å². The lowest BCUT2D eigenvalue weighted by Gasteiger charge is -2.40. The highest BCUT2D eigenvalue weighted by Gasteiger charge is 2.28. The number of methoxy groups -OCH3 is 1. The summed E-state index contributed by atoms with van der Waals surface area (Å²) < 4.78 is 31.9. The van der Waals surface area contributed by atoms with Gasteiger partial charge in [0.1, 0.15) is 5.75 Å². The Morgan fingerprint density at radius 2 is 1.74 bits per heavy atom. The van der Waals surface area contributed by atoms with E-state index in [1.807, 2.05) is 30.0 Å². The molecule has 0 radical (unpaired) electrons. The predicted molar refractivity (Wildman–Crippen MR) is 187 cm³/mol. The van der Waals surface area contributed by atoms with Crippen molar-refractivity contribution in [3.8, 4) is 5.75 Å². The SMILES string of the molecule is COc1cc(C(=O)N2CCC(N3CCCCC3)CC2)ccc1NC(=O)CCN(CCNc1cc(C)nc2ccc(Cl)cc12)S(C)(=O)=O. The number of aryl methyl sites for hydroxylation is 1. The molecule has 0 atom stereocenters. The summed E-state index contributed by atoms with van der Waals surface area (Å²) in [6, 6.07) is 12.9. The van der Waals surface area contributed by atoms with E-state index in [1.54, 1.807) is 24.3 Å². The van der Waals surface area contributed by atoms with Gasteiger partial charge in [-0.25, -0.2) is 8.42 Å². The normalized spacial score (nSPS) is 16.4. The Labute approximate surface area is 282 Å². The van der Waals surface area contributed by atoms with Crippen LogP contribution in [0.25, 0.3) is 10.9 Å². The summed E-state index contributed by atoms with van der Waals surface area (Å²) in [7, 11) is -2.09. The molecule has 5 rings (SSSR count). The van der Waals surface area contributed by atoms with Crippen molar-refractivity contribution < 1.29 is 22.7 Å². The van der Waals surface area contributed by atoms with Gasteiger partial charge < -0.3 is 25.2 Å². The summed E-state index contributed by atoms with van der Waals surface area (Å²) in [6.45, 7) is 6.13. The average molecular weight is 685 g/mol. The van der Waals surface area contributed by atoms with Gasteiger partial charge in [-0.15, -0.1) is 0 Å². The molecule has 254 valence electrons. The Morgan fingerprint density at radius 3 is 2.45 bits per heavy atom. The molecule has 0 spiro atoms. The number of halogens is 1. The summed E-state index contributed by atoms with van der Waals surface area (Å²) in [4.78, 5) is 35.3. The third kappa shape index (κ3) is 9.13. The summed E-state index contributed by atoms with van der Waals surface area (Å²) in [6.07, 6.45) is 6.86. The van der Waals surface area contributed by atoms with Crippen LogP contribution >= 0.6 is 11.6 Å². The Kier molecular flexibility index (Phi) is 11.6. The van der Waals surface area contributed by atoms with Crippen molar-refractivity contribution in [1.29, 1.82) is 0 Å². The van der Waals surface area contributed by atoms with Crippen molar-refractivity contribution >= 4 is 55.7 Å². The minimum absolute atomic E-state index is 0.000559. The zero-order chi connectivity index (χ0) is 33.6. The predicted octanol–water partition coefficient (Wildman–Crippen LogP) is 5.00. The molecule has 2 saturated heterocycles. The maximum absolute atomic E-state index is 13.3. The van der Waals surface area contributed by atoms with Crippen molar-refractivity contribution in [2.24, 2.45) is 0 Å². The van der Waals surface area contributed by atoms with E-state index in [1.165, 1.54) is 30.7 Å². The molecule has 2 aliphatic rings. The Bertz CT molecular complexity index is 1690. The first-order valence-corrected chi connectivity index (χ1v) is 18.5. The molecule has 0 unspecified atom stereocenters. The fourth-order valence-corrected chi connectivity index (χ4v) is 7.52. The molecular weight excluding hydrogens is 640 g/mol. The van der Waals surface area contributed by atoms with Gasteiger partial charge in [0.2, 0.25) is 15.9 Å². The van der Waals surface area contributed by atoms with Crippen molar-refractivity contribution in [3.05, 3.63) is 58.7 Å². The number of nitrogens with zero attached hydrogens (tertiary/aromatic N) is 4. The lowest BCUT2D eigenvalue weighted by Crippen LogP contribution is -2.48. The molecule has 2 fully saturated rings. The molecule has 2 N–H and O–H groups in total. The number of hydrogen-bond acceptors (Lipinski definition) is 8. The first kappa shape index (κ1) is 34.9. The molecule has 2 aromatic carbocycles. The van der Waals surface area contributed by atoms with Gasteiger partial charge in [0, 0.05) is 72.5 Å². The molecule has 13 heteroatoms. The number of carbonyl (C=O) groups is 2. The number of benzene rings is 2. The van der Waals surface area contributed by atoms with E-state index in [4.69, 9.17) is 16.3 Å². The summed E-state index contributed by atoms with van der Waals surface area (Å²) in [5.74, 6) is -0.0422. The number of amides is 2. The van der Waals surface area contributed by atoms with Crippen LogP contribution in [0.3, 0.4) is 0 Å². The molecule has 11 nitrogen and oxygen atoms in total. The number of sulfonamides is 1. The van der Waals surface area contributed by atoms with Crippen LogP contribution in [-0.4, -0.2) is 105 Å². The van der Waals surface area contributed by atoms with E-state index in [9.17, 15) is 18.0 Å². The molecule has 3 aromatic rings. The van der Waals surface area contributed by atoms with Crippen molar-refractivity contribution in [3.63, 3.8) is 0 Å². The average Bonchev–Trinajstić information content (AvgIpc) is 3.06. The highest BCUT2D eigenvalue weighted by molar-refractivity contribution is 7.88. The molecular formula is C34H45ClN6O5S. The van der Waals surface area contributed by atoms with Crippen LogP contribution in [-0.2, 0) is 14.8 Å². The van der Waals surface area contributed by atoms with Crippen LogP contribution in [0.15, 0.2) is 42.5 Å². The Balaban J connectivity index is 1.14. The van der Waals surface area contributed by atoms with E-state index in [0.717, 1.165) is 67.6 Å². The van der Waals surface area contributed by atoms with Gasteiger partial charge in [0.05, 0.1) is 24.6 Å². The van der Waals surface area contributed by atoms with Gasteiger partial charge in [-0.3, -0.25) is 14.6 Å². The minimum Gasteiger partial charge on any atom is -0.495 e. The topological polar surface area (TPSA) is 124 Å². The highest BCUT2D eigenvalue weighted by atomic mass is 35.5. The summed E-state index contributed by atoms with van der Waals surface area (Å²) in [5, 5.41) is 7.54. The Morgan fingerprint density at radius 1 is 1.00 bits per heavy atom. The van der Waals surface area contributed by atoms with Gasteiger partial charge in [0.15, 0.2) is 0 Å². The first-order chi connectivity index (χ1) is 22.5. The molecule has 0 bridgehead atoms. The van der Waals surface area contributed by atoms with Crippen LogP contribution in [0, 0.1) is 6.92 Å². The van der Waals surface area contributed by atoms with Gasteiger partial charge in [0.25, 0.3) is 5.91 Å². The number of piperidine rings is 2. The molecule has 3 heterocycles. The van der Waals surface area contributed by atoms with Gasteiger partial charge in [-0.1, -0.05) is 18.0 Å². The lowest BCUT2D eigenvalue weighted by molar-refractivity contribution is -0.116. The number of pyridine rings is 1. The van der Waals surface area contributed by atoms with Crippen LogP contribution in [0.4, 0.5) is 11.4 Å². The van der Waals surface area contributed by atoms with Crippen LogP contribution in [0.1, 0.15) is 54.6 Å². The first-order valence-electron chi connectivity index (χ1n) is 16.3. The van der Waals surface area contributed by atoms with Crippen molar-refractivity contribution in [1.82, 2.24) is 19.1 Å². The third-order valence-corrected chi connectivity index (χ3v) is 10.6. The van der Waals surface area contributed by atoms with Crippen LogP contribution in [0.5, 0.6) is 5.75 Å². The van der Waals surface area contributed by atoms with E-state index in [-0.39, 0.29) is 31.3 Å². The van der Waals surface area contributed by atoms with Crippen molar-refractivity contribution in [2.45, 2.75) is 51.5 Å². The number of likely N-dealkylation sites (tertiary alicyclic amines) is 2. The molecule has 2 aliphatic heterocycles. The van der Waals surface area contributed by atoms with E-state index in [0.29, 0.717) is 34.6 Å². The standard InChI is InChI=1S/C34H45ClN6O5S/c1-24-21-31(28-23-26(35)8-10-29(28)37-24)36-14-20-41(47(3,44)45)19-13-33(42)38-30-9-7-25(22-32(30)46-2)34(43)40-17-11-27(12-18-40)39-15-5-4-6-16-39/h7-10,21-23,27H,4-6,11-20H2,1-3H3,(H,36,37)(H,38,42). The Hall–Kier alpha value is -3.45. The minimum atomic E-state index is -3.58. The number of aromatic nitrogens is 1. The summed E-state index contributed by atoms with van der Waals surface area (Å²) in [5.41, 5.74) is 3.33. The zero-order valence-corrected chi connectivity index (χ0v) is 29.0.